The van der Waals surface area contributed by atoms with Gasteiger partial charge >= 0.3 is 5.97 Å². The van der Waals surface area contributed by atoms with Crippen LogP contribution in [0, 0.1) is 0 Å². The Kier molecular flexibility index (Phi) is 3.45. The summed E-state index contributed by atoms with van der Waals surface area (Å²) < 4.78 is 0. The number of nitrogens with one attached hydrogen (secondary N) is 1. The molecule has 0 amide bonds. The molecule has 0 saturated heterocycles. The third-order valence-electron chi connectivity index (χ3n) is 1.59. The second kappa shape index (κ2) is 4.39. The van der Waals surface area contributed by atoms with E-state index >= 15 is 0 Å². The van der Waals surface area contributed by atoms with Crippen molar-refractivity contribution in [1.29, 1.82) is 0 Å². The maximum atomic E-state index is 10.5. The third-order valence-corrected chi connectivity index (χ3v) is 2.52. The lowest BCUT2D eigenvalue weighted by atomic mass is 10.3. The summed E-state index contributed by atoms with van der Waals surface area (Å²) in [5.74, 6) is -0.855. The minimum Gasteiger partial charge on any atom is -0.478 e. The highest BCUT2D eigenvalue weighted by molar-refractivity contribution is 7.10. The number of aromatic carboxylic acids is 1. The van der Waals surface area contributed by atoms with Gasteiger partial charge in [-0.15, -0.1) is 11.3 Å². The highest BCUT2D eigenvalue weighted by Crippen LogP contribution is 2.14. The Morgan fingerprint density at radius 3 is 2.85 bits per heavy atom. The van der Waals surface area contributed by atoms with Crippen molar-refractivity contribution in [2.24, 2.45) is 0 Å². The van der Waals surface area contributed by atoms with Gasteiger partial charge in [-0.05, 0) is 6.07 Å². The fourth-order valence-electron chi connectivity index (χ4n) is 0.890. The van der Waals surface area contributed by atoms with Gasteiger partial charge in [-0.3, -0.25) is 0 Å². The minimum absolute atomic E-state index is 0.380. The number of carboxylic acids is 1. The molecule has 0 spiro atoms. The number of hydrogen-bond donors (Lipinski definition) is 2. The van der Waals surface area contributed by atoms with Crippen molar-refractivity contribution in [2.45, 2.75) is 26.4 Å². The summed E-state index contributed by atoms with van der Waals surface area (Å²) in [5, 5.41) is 13.6. The van der Waals surface area contributed by atoms with Crippen LogP contribution < -0.4 is 5.32 Å². The van der Waals surface area contributed by atoms with Crippen LogP contribution in [0.15, 0.2) is 11.4 Å². The SMILES string of the molecule is CC(C)NCc1cc(C(=O)O)cs1. The van der Waals surface area contributed by atoms with Gasteiger partial charge in [0.15, 0.2) is 0 Å². The lowest BCUT2D eigenvalue weighted by Gasteiger charge is -2.04. The summed E-state index contributed by atoms with van der Waals surface area (Å²) in [4.78, 5) is 11.6. The minimum atomic E-state index is -0.855. The van der Waals surface area contributed by atoms with Gasteiger partial charge in [0.1, 0.15) is 0 Å². The molecule has 1 aromatic rings. The van der Waals surface area contributed by atoms with E-state index in [1.165, 1.54) is 11.3 Å². The van der Waals surface area contributed by atoms with E-state index < -0.39 is 5.97 Å². The van der Waals surface area contributed by atoms with Crippen LogP contribution in [0.4, 0.5) is 0 Å². The van der Waals surface area contributed by atoms with Crippen LogP contribution in [0.3, 0.4) is 0 Å². The van der Waals surface area contributed by atoms with Crippen molar-refractivity contribution in [1.82, 2.24) is 5.32 Å². The lowest BCUT2D eigenvalue weighted by molar-refractivity contribution is 0.0697. The topological polar surface area (TPSA) is 49.3 Å². The zero-order chi connectivity index (χ0) is 9.84. The molecule has 13 heavy (non-hydrogen) atoms. The van der Waals surface area contributed by atoms with Crippen LogP contribution >= 0.6 is 11.3 Å². The number of carbonyl (C=O) groups is 1. The molecule has 1 aromatic heterocycles. The number of carboxylic acid groups (broad SMARTS) is 1. The van der Waals surface area contributed by atoms with E-state index in [0.29, 0.717) is 11.6 Å². The largest absolute Gasteiger partial charge is 0.478 e. The van der Waals surface area contributed by atoms with Crippen LogP contribution in [0.1, 0.15) is 29.1 Å². The van der Waals surface area contributed by atoms with Gasteiger partial charge in [0.05, 0.1) is 5.56 Å². The highest BCUT2D eigenvalue weighted by atomic mass is 32.1. The van der Waals surface area contributed by atoms with E-state index in [1.54, 1.807) is 11.4 Å². The van der Waals surface area contributed by atoms with Gasteiger partial charge in [0.2, 0.25) is 0 Å². The number of hydrogen-bond acceptors (Lipinski definition) is 3. The zero-order valence-electron chi connectivity index (χ0n) is 7.70. The summed E-state index contributed by atoms with van der Waals surface area (Å²) >= 11 is 1.48. The molecule has 72 valence electrons. The normalized spacial score (nSPS) is 10.7. The molecule has 0 atom stereocenters. The van der Waals surface area contributed by atoms with Crippen LogP contribution in [0.2, 0.25) is 0 Å². The second-order valence-corrected chi connectivity index (χ2v) is 4.14. The van der Waals surface area contributed by atoms with Crippen molar-refractivity contribution in [3.8, 4) is 0 Å². The molecule has 0 saturated carbocycles. The van der Waals surface area contributed by atoms with E-state index in [2.05, 4.69) is 19.2 Å². The molecular weight excluding hydrogens is 186 g/mol. The Bertz CT molecular complexity index is 294. The van der Waals surface area contributed by atoms with Crippen molar-refractivity contribution < 1.29 is 9.90 Å². The standard InChI is InChI=1S/C9H13NO2S/c1-6(2)10-4-8-3-7(5-13-8)9(11)12/h3,5-6,10H,4H2,1-2H3,(H,11,12). The predicted molar refractivity (Wildman–Crippen MR) is 53.3 cm³/mol. The quantitative estimate of drug-likeness (QED) is 0.779. The van der Waals surface area contributed by atoms with Gasteiger partial charge in [0.25, 0.3) is 0 Å². The molecule has 2 N–H and O–H groups in total. The van der Waals surface area contributed by atoms with Crippen molar-refractivity contribution in [2.75, 3.05) is 0 Å². The summed E-state index contributed by atoms with van der Waals surface area (Å²) in [6.07, 6.45) is 0. The van der Waals surface area contributed by atoms with Gasteiger partial charge in [-0.2, -0.15) is 0 Å². The summed E-state index contributed by atoms with van der Waals surface area (Å²) in [6.45, 7) is 4.87. The van der Waals surface area contributed by atoms with Crippen molar-refractivity contribution in [3.63, 3.8) is 0 Å². The molecule has 0 aliphatic rings. The molecule has 0 unspecified atom stereocenters. The summed E-state index contributed by atoms with van der Waals surface area (Å²) in [7, 11) is 0. The van der Waals surface area contributed by atoms with E-state index in [1.807, 2.05) is 0 Å². The van der Waals surface area contributed by atoms with E-state index in [0.717, 1.165) is 11.4 Å². The average Bonchev–Trinajstić information content (AvgIpc) is 2.48. The first-order chi connectivity index (χ1) is 6.09. The molecule has 0 fully saturated rings. The van der Waals surface area contributed by atoms with Crippen molar-refractivity contribution >= 4 is 17.3 Å². The molecule has 0 radical (unpaired) electrons. The van der Waals surface area contributed by atoms with E-state index in [-0.39, 0.29) is 0 Å². The monoisotopic (exact) mass is 199 g/mol. The van der Waals surface area contributed by atoms with Crippen LogP contribution in [0.25, 0.3) is 0 Å². The van der Waals surface area contributed by atoms with Crippen LogP contribution in [-0.2, 0) is 6.54 Å². The Morgan fingerprint density at radius 1 is 1.69 bits per heavy atom. The first kappa shape index (κ1) is 10.2. The molecule has 0 bridgehead atoms. The number of thiophene rings is 1. The molecule has 4 heteroatoms. The maximum Gasteiger partial charge on any atom is 0.336 e. The average molecular weight is 199 g/mol. The lowest BCUT2D eigenvalue weighted by Crippen LogP contribution is -2.21. The fourth-order valence-corrected chi connectivity index (χ4v) is 1.70. The molecule has 3 nitrogen and oxygen atoms in total. The predicted octanol–water partition coefficient (Wildman–Crippen LogP) is 1.94. The fraction of sp³-hybridized carbons (Fsp3) is 0.444. The van der Waals surface area contributed by atoms with E-state index in [4.69, 9.17) is 5.11 Å². The molecule has 1 heterocycles. The van der Waals surface area contributed by atoms with Crippen LogP contribution in [0.5, 0.6) is 0 Å². The van der Waals surface area contributed by atoms with Gasteiger partial charge in [0, 0.05) is 22.8 Å². The maximum absolute atomic E-state index is 10.5. The molecule has 1 rings (SSSR count). The molecule has 0 aromatic carbocycles. The van der Waals surface area contributed by atoms with Gasteiger partial charge < -0.3 is 10.4 Å². The Hall–Kier alpha value is -0.870. The molecule has 0 aliphatic carbocycles. The first-order valence-corrected chi connectivity index (χ1v) is 5.01. The first-order valence-electron chi connectivity index (χ1n) is 4.13. The number of rotatable bonds is 4. The Labute approximate surface area is 81.4 Å². The Morgan fingerprint density at radius 2 is 2.38 bits per heavy atom. The van der Waals surface area contributed by atoms with E-state index in [9.17, 15) is 4.79 Å². The Balaban J connectivity index is 2.54. The zero-order valence-corrected chi connectivity index (χ0v) is 8.52. The summed E-state index contributed by atoms with van der Waals surface area (Å²) in [5.41, 5.74) is 0.380. The molecule has 0 aliphatic heterocycles. The third kappa shape index (κ3) is 3.16. The highest BCUT2D eigenvalue weighted by Gasteiger charge is 2.05. The molecular formula is C9H13NO2S. The smallest absolute Gasteiger partial charge is 0.336 e. The van der Waals surface area contributed by atoms with Gasteiger partial charge in [-0.25, -0.2) is 4.79 Å². The second-order valence-electron chi connectivity index (χ2n) is 3.14. The summed E-state index contributed by atoms with van der Waals surface area (Å²) in [6, 6.07) is 2.14. The van der Waals surface area contributed by atoms with Crippen molar-refractivity contribution in [3.05, 3.63) is 21.9 Å². The van der Waals surface area contributed by atoms with Crippen LogP contribution in [-0.4, -0.2) is 17.1 Å². The van der Waals surface area contributed by atoms with Gasteiger partial charge in [-0.1, -0.05) is 13.8 Å².